The molecule has 2 bridgehead atoms. The minimum absolute atomic E-state index is 0.0610. The molecular weight excluding hydrogens is 618 g/mol. The summed E-state index contributed by atoms with van der Waals surface area (Å²) in [6, 6.07) is -0.930. The van der Waals surface area contributed by atoms with Crippen molar-refractivity contribution in [3.8, 4) is 0 Å². The Hall–Kier alpha value is -2.24. The fraction of sp³-hybridized carbons (Fsp3) is 0.750. The highest BCUT2D eigenvalue weighted by molar-refractivity contribution is 9.09. The maximum atomic E-state index is 14.4. The van der Waals surface area contributed by atoms with E-state index in [9.17, 15) is 24.3 Å². The summed E-state index contributed by atoms with van der Waals surface area (Å²) in [5.41, 5.74) is -1.16. The number of hydrogen-bond donors (Lipinski definition) is 2. The van der Waals surface area contributed by atoms with Crippen LogP contribution in [0, 0.1) is 11.8 Å². The van der Waals surface area contributed by atoms with Gasteiger partial charge in [-0.3, -0.25) is 19.2 Å². The van der Waals surface area contributed by atoms with Gasteiger partial charge in [0.2, 0.25) is 17.7 Å². The van der Waals surface area contributed by atoms with Crippen LogP contribution in [0.2, 0.25) is 0 Å². The van der Waals surface area contributed by atoms with Crippen molar-refractivity contribution >= 4 is 39.6 Å². The number of alkyl halides is 1. The van der Waals surface area contributed by atoms with Crippen LogP contribution in [0.4, 0.5) is 0 Å². The van der Waals surface area contributed by atoms with Crippen LogP contribution >= 0.6 is 15.9 Å². The molecule has 3 saturated heterocycles. The number of esters is 1. The van der Waals surface area contributed by atoms with E-state index in [4.69, 9.17) is 9.47 Å². The average Bonchev–Trinajstić information content (AvgIpc) is 3.56. The van der Waals surface area contributed by atoms with E-state index in [1.54, 1.807) is 28.9 Å². The fourth-order valence-corrected chi connectivity index (χ4v) is 7.86. The van der Waals surface area contributed by atoms with Crippen molar-refractivity contribution < 1.29 is 33.8 Å². The number of carbonyl (C=O) groups excluding carboxylic acids is 4. The van der Waals surface area contributed by atoms with E-state index in [-0.39, 0.29) is 41.7 Å². The van der Waals surface area contributed by atoms with Gasteiger partial charge in [0.05, 0.1) is 24.5 Å². The number of aliphatic hydroxyl groups is 1. The number of aliphatic hydroxyl groups excluding tert-OH is 1. The van der Waals surface area contributed by atoms with Crippen molar-refractivity contribution in [2.45, 2.75) is 113 Å². The lowest BCUT2D eigenvalue weighted by Crippen LogP contribution is -2.58. The number of allylic oxidation sites excluding steroid dienone is 1. The molecule has 2 unspecified atom stereocenters. The van der Waals surface area contributed by atoms with Gasteiger partial charge in [-0.05, 0) is 46.0 Å². The summed E-state index contributed by atoms with van der Waals surface area (Å²) in [5.74, 6) is -2.87. The maximum absolute atomic E-state index is 14.4. The molecule has 2 N–H and O–H groups in total. The van der Waals surface area contributed by atoms with Crippen molar-refractivity contribution in [3.05, 3.63) is 25.3 Å². The van der Waals surface area contributed by atoms with Gasteiger partial charge in [0.1, 0.15) is 17.7 Å². The van der Waals surface area contributed by atoms with Gasteiger partial charge < -0.3 is 29.7 Å². The first kappa shape index (κ1) is 35.2. The Kier molecular flexibility index (Phi) is 13.3. The van der Waals surface area contributed by atoms with E-state index >= 15 is 0 Å². The Balaban J connectivity index is 1.88. The molecule has 0 aromatic rings. The minimum Gasteiger partial charge on any atom is -0.460 e. The Bertz CT molecular complexity index is 1020. The molecule has 3 heterocycles. The quantitative estimate of drug-likeness (QED) is 0.0935. The highest BCUT2D eigenvalue weighted by atomic mass is 79.9. The van der Waals surface area contributed by atoms with Gasteiger partial charge in [0, 0.05) is 37.0 Å². The lowest BCUT2D eigenvalue weighted by molar-refractivity contribution is -0.159. The highest BCUT2D eigenvalue weighted by Gasteiger charge is 2.77. The Labute approximate surface area is 264 Å². The monoisotopic (exact) mass is 667 g/mol. The first-order chi connectivity index (χ1) is 20.6. The zero-order valence-corrected chi connectivity index (χ0v) is 27.6. The highest BCUT2D eigenvalue weighted by Crippen LogP contribution is 2.60. The van der Waals surface area contributed by atoms with Gasteiger partial charge in [-0.25, -0.2) is 0 Å². The molecule has 8 atom stereocenters. The summed E-state index contributed by atoms with van der Waals surface area (Å²) in [4.78, 5) is 57.6. The molecule has 3 amide bonds. The van der Waals surface area contributed by atoms with Gasteiger partial charge in [-0.1, -0.05) is 54.3 Å². The SMILES string of the molecule is C=CCCC(=O)NC[C@H](C)OC(=O)[C@H]1[C@@H]2O[C@@]3(CC2Br)[C@@H]1C(=O)N(CCCCCCO)[C@@H]3C(=O)N(CC=C)C(C)CCC. The molecule has 3 fully saturated rings. The summed E-state index contributed by atoms with van der Waals surface area (Å²) in [6.45, 7) is 14.2. The maximum Gasteiger partial charge on any atom is 0.312 e. The van der Waals surface area contributed by atoms with Crippen molar-refractivity contribution in [3.63, 3.8) is 0 Å². The van der Waals surface area contributed by atoms with Gasteiger partial charge in [-0.2, -0.15) is 0 Å². The zero-order chi connectivity index (χ0) is 31.7. The van der Waals surface area contributed by atoms with Crippen LogP contribution in [-0.2, 0) is 28.7 Å². The number of ether oxygens (including phenoxy) is 2. The van der Waals surface area contributed by atoms with Crippen LogP contribution in [0.25, 0.3) is 0 Å². The molecule has 0 aromatic heterocycles. The molecule has 43 heavy (non-hydrogen) atoms. The summed E-state index contributed by atoms with van der Waals surface area (Å²) in [5, 5.41) is 11.9. The summed E-state index contributed by atoms with van der Waals surface area (Å²) in [7, 11) is 0. The number of nitrogens with zero attached hydrogens (tertiary/aromatic N) is 2. The average molecular weight is 669 g/mol. The summed E-state index contributed by atoms with van der Waals surface area (Å²) in [6.07, 6.45) is 8.11. The van der Waals surface area contributed by atoms with Crippen LogP contribution in [0.3, 0.4) is 0 Å². The molecule has 242 valence electrons. The first-order valence-electron chi connectivity index (χ1n) is 15.8. The zero-order valence-electron chi connectivity index (χ0n) is 26.0. The molecule has 3 aliphatic rings. The number of hydrogen-bond acceptors (Lipinski definition) is 7. The van der Waals surface area contributed by atoms with Crippen molar-refractivity contribution in [2.24, 2.45) is 11.8 Å². The molecule has 1 spiro atoms. The lowest BCUT2D eigenvalue weighted by Gasteiger charge is -2.39. The number of fused-ring (bicyclic) bond motifs is 1. The molecule has 3 rings (SSSR count). The van der Waals surface area contributed by atoms with E-state index in [0.29, 0.717) is 45.2 Å². The second-order valence-electron chi connectivity index (χ2n) is 12.1. The van der Waals surface area contributed by atoms with Gasteiger partial charge in [-0.15, -0.1) is 13.2 Å². The fourth-order valence-electron chi connectivity index (χ4n) is 6.92. The summed E-state index contributed by atoms with van der Waals surface area (Å²) < 4.78 is 12.4. The third-order valence-electron chi connectivity index (χ3n) is 8.93. The van der Waals surface area contributed by atoms with Crippen LogP contribution in [0.15, 0.2) is 25.3 Å². The Morgan fingerprint density at radius 3 is 2.60 bits per heavy atom. The van der Waals surface area contributed by atoms with E-state index in [0.717, 1.165) is 25.7 Å². The van der Waals surface area contributed by atoms with Gasteiger partial charge in [0.25, 0.3) is 0 Å². The van der Waals surface area contributed by atoms with Crippen molar-refractivity contribution in [1.29, 1.82) is 0 Å². The van der Waals surface area contributed by atoms with Crippen LogP contribution in [0.1, 0.15) is 78.6 Å². The molecule has 11 heteroatoms. The lowest BCUT2D eigenvalue weighted by atomic mass is 9.70. The van der Waals surface area contributed by atoms with Crippen LogP contribution in [-0.4, -0.2) is 99.6 Å². The van der Waals surface area contributed by atoms with Crippen molar-refractivity contribution in [1.82, 2.24) is 15.1 Å². The first-order valence-corrected chi connectivity index (χ1v) is 16.7. The third kappa shape index (κ3) is 7.71. The topological polar surface area (TPSA) is 125 Å². The number of amides is 3. The van der Waals surface area contributed by atoms with Crippen LogP contribution in [0.5, 0.6) is 0 Å². The second kappa shape index (κ2) is 16.2. The third-order valence-corrected chi connectivity index (χ3v) is 9.77. The minimum atomic E-state index is -1.16. The standard InChI is InChI=1S/C32H50BrN3O7/c1-6-9-15-24(38)34-20-22(5)42-31(41)25-26-29(39)36(17-12-10-11-13-18-37)28(32(26)19-23(33)27(25)43-32)30(40)35(16-8-3)21(4)14-7-2/h6,8,21-23,25-28,37H,1,3,7,9-20H2,2,4-5H3,(H,34,38)/t21?,22-,23?,25+,26-,27+,28+,32-/m0/s1. The molecule has 3 aliphatic heterocycles. The molecule has 10 nitrogen and oxygen atoms in total. The van der Waals surface area contributed by atoms with Crippen LogP contribution < -0.4 is 5.32 Å². The largest absolute Gasteiger partial charge is 0.460 e. The van der Waals surface area contributed by atoms with E-state index < -0.39 is 41.7 Å². The number of likely N-dealkylation sites (tertiary alicyclic amines) is 1. The predicted octanol–water partition coefficient (Wildman–Crippen LogP) is 3.50. The molecular formula is C32H50BrN3O7. The molecule has 0 saturated carbocycles. The van der Waals surface area contributed by atoms with Gasteiger partial charge >= 0.3 is 5.97 Å². The number of carbonyl (C=O) groups is 4. The van der Waals surface area contributed by atoms with E-state index in [1.807, 2.05) is 6.92 Å². The van der Waals surface area contributed by atoms with Crippen molar-refractivity contribution in [2.75, 3.05) is 26.2 Å². The smallest absolute Gasteiger partial charge is 0.312 e. The Morgan fingerprint density at radius 2 is 1.95 bits per heavy atom. The molecule has 0 aromatic carbocycles. The van der Waals surface area contributed by atoms with Gasteiger partial charge in [0.15, 0.2) is 0 Å². The van der Waals surface area contributed by atoms with E-state index in [2.05, 4.69) is 41.3 Å². The molecule has 0 radical (unpaired) electrons. The van der Waals surface area contributed by atoms with E-state index in [1.165, 1.54) is 0 Å². The number of unbranched alkanes of at least 4 members (excludes halogenated alkanes) is 3. The predicted molar refractivity (Wildman–Crippen MR) is 167 cm³/mol. The number of halogens is 1. The second-order valence-corrected chi connectivity index (χ2v) is 13.3. The summed E-state index contributed by atoms with van der Waals surface area (Å²) >= 11 is 3.70. The number of nitrogens with one attached hydrogen (secondary N) is 1. The number of rotatable bonds is 19. The molecule has 0 aliphatic carbocycles. The normalized spacial score (nSPS) is 28.7. The Morgan fingerprint density at radius 1 is 1.23 bits per heavy atom.